The summed E-state index contributed by atoms with van der Waals surface area (Å²) in [5.41, 5.74) is 1.40. The average molecular weight is 467 g/mol. The number of hydrogen-bond donors (Lipinski definition) is 2. The Balaban J connectivity index is 1.88. The van der Waals surface area contributed by atoms with E-state index in [1.165, 1.54) is 16.8 Å². The highest BCUT2D eigenvalue weighted by atomic mass is 32.2. The first-order chi connectivity index (χ1) is 15.4. The van der Waals surface area contributed by atoms with Crippen LogP contribution in [0.15, 0.2) is 58.4 Å². The van der Waals surface area contributed by atoms with Crippen LogP contribution in [0, 0.1) is 0 Å². The van der Waals surface area contributed by atoms with Gasteiger partial charge in [0.1, 0.15) is 11.3 Å². The van der Waals surface area contributed by atoms with Crippen molar-refractivity contribution in [2.45, 2.75) is 26.2 Å². The molecule has 0 fully saturated rings. The summed E-state index contributed by atoms with van der Waals surface area (Å²) in [7, 11) is -3.37. The molecule has 0 aliphatic carbocycles. The predicted octanol–water partition coefficient (Wildman–Crippen LogP) is 2.20. The lowest BCUT2D eigenvalue weighted by atomic mass is 9.95. The van der Waals surface area contributed by atoms with Crippen LogP contribution in [0.25, 0.3) is 28.0 Å². The maximum absolute atomic E-state index is 12.4. The molecule has 0 bridgehead atoms. The van der Waals surface area contributed by atoms with E-state index in [4.69, 9.17) is 0 Å². The van der Waals surface area contributed by atoms with Gasteiger partial charge in [-0.25, -0.2) is 23.2 Å². The van der Waals surface area contributed by atoms with Gasteiger partial charge in [-0.15, -0.1) is 0 Å². The van der Waals surface area contributed by atoms with E-state index in [9.17, 15) is 18.0 Å². The zero-order valence-corrected chi connectivity index (χ0v) is 19.3. The normalized spacial score (nSPS) is 12.1. The van der Waals surface area contributed by atoms with Gasteiger partial charge >= 0.3 is 5.69 Å². The summed E-state index contributed by atoms with van der Waals surface area (Å²) in [6, 6.07) is 9.94. The maximum atomic E-state index is 12.4. The topological polar surface area (TPSA) is 140 Å². The Hall–Kier alpha value is -3.86. The SMILES string of the molecule is CC(C)(C)c1nc(-n2ccc(=O)[nH]c2=O)c2ncc(-c3ccc(NS(C)(=O)=O)cc3)cc2n1. The predicted molar refractivity (Wildman–Crippen MR) is 126 cm³/mol. The van der Waals surface area contributed by atoms with Crippen LogP contribution in [-0.2, 0) is 15.4 Å². The average Bonchev–Trinajstić information content (AvgIpc) is 2.71. The number of aromatic amines is 1. The number of pyridine rings is 1. The second-order valence-electron chi connectivity index (χ2n) is 8.64. The van der Waals surface area contributed by atoms with E-state index in [1.54, 1.807) is 30.5 Å². The van der Waals surface area contributed by atoms with Gasteiger partial charge in [0, 0.05) is 35.1 Å². The first kappa shape index (κ1) is 22.3. The Morgan fingerprint density at radius 2 is 1.70 bits per heavy atom. The first-order valence-corrected chi connectivity index (χ1v) is 11.9. The number of benzene rings is 1. The van der Waals surface area contributed by atoms with Crippen LogP contribution < -0.4 is 16.0 Å². The molecule has 10 nitrogen and oxygen atoms in total. The smallest absolute Gasteiger partial charge is 0.284 e. The van der Waals surface area contributed by atoms with Crippen molar-refractivity contribution >= 4 is 26.7 Å². The summed E-state index contributed by atoms with van der Waals surface area (Å²) in [6.07, 6.45) is 4.08. The molecule has 0 atom stereocenters. The van der Waals surface area contributed by atoms with Crippen molar-refractivity contribution in [3.63, 3.8) is 0 Å². The fraction of sp³-hybridized carbons (Fsp3) is 0.227. The van der Waals surface area contributed by atoms with Crippen molar-refractivity contribution in [3.8, 4) is 16.9 Å². The molecule has 4 aromatic rings. The van der Waals surface area contributed by atoms with Crippen molar-refractivity contribution in [2.24, 2.45) is 0 Å². The standard InChI is InChI=1S/C22H22N6O4S/c1-22(2,3)20-24-16-11-14(13-5-7-15(8-6-13)27-33(4,31)32)12-23-18(16)19(26-20)28-10-9-17(29)25-21(28)30/h5-12,27H,1-4H3,(H,25,29,30). The molecule has 0 saturated heterocycles. The van der Waals surface area contributed by atoms with Crippen LogP contribution in [0.3, 0.4) is 0 Å². The minimum Gasteiger partial charge on any atom is -0.284 e. The number of hydrogen-bond acceptors (Lipinski definition) is 7. The lowest BCUT2D eigenvalue weighted by Gasteiger charge is -2.19. The summed E-state index contributed by atoms with van der Waals surface area (Å²) >= 11 is 0. The first-order valence-electron chi connectivity index (χ1n) is 10.00. The van der Waals surface area contributed by atoms with Gasteiger partial charge in [0.15, 0.2) is 5.82 Å². The van der Waals surface area contributed by atoms with E-state index in [0.29, 0.717) is 22.5 Å². The number of rotatable bonds is 4. The molecule has 0 aliphatic heterocycles. The molecule has 11 heteroatoms. The second kappa shape index (κ2) is 7.93. The quantitative estimate of drug-likeness (QED) is 0.470. The molecular weight excluding hydrogens is 444 g/mol. The van der Waals surface area contributed by atoms with Crippen LogP contribution in [0.1, 0.15) is 26.6 Å². The molecule has 3 heterocycles. The third-order valence-electron chi connectivity index (χ3n) is 4.76. The molecular formula is C22H22N6O4S. The van der Waals surface area contributed by atoms with Gasteiger partial charge in [-0.1, -0.05) is 32.9 Å². The maximum Gasteiger partial charge on any atom is 0.334 e. The van der Waals surface area contributed by atoms with E-state index in [2.05, 4.69) is 24.7 Å². The monoisotopic (exact) mass is 466 g/mol. The molecule has 4 rings (SSSR count). The lowest BCUT2D eigenvalue weighted by Crippen LogP contribution is -2.29. The van der Waals surface area contributed by atoms with E-state index in [0.717, 1.165) is 17.4 Å². The Morgan fingerprint density at radius 1 is 1.00 bits per heavy atom. The van der Waals surface area contributed by atoms with E-state index >= 15 is 0 Å². The van der Waals surface area contributed by atoms with Crippen molar-refractivity contribution in [1.29, 1.82) is 0 Å². The van der Waals surface area contributed by atoms with Crippen LogP contribution in [0.2, 0.25) is 0 Å². The van der Waals surface area contributed by atoms with Gasteiger partial charge in [0.25, 0.3) is 5.56 Å². The van der Waals surface area contributed by atoms with Gasteiger partial charge in [-0.2, -0.15) is 0 Å². The molecule has 33 heavy (non-hydrogen) atoms. The molecule has 1 aromatic carbocycles. The highest BCUT2D eigenvalue weighted by Crippen LogP contribution is 2.28. The van der Waals surface area contributed by atoms with Crippen molar-refractivity contribution in [2.75, 3.05) is 11.0 Å². The molecule has 0 aliphatic rings. The zero-order valence-electron chi connectivity index (χ0n) is 18.4. The number of sulfonamides is 1. The number of anilines is 1. The molecule has 0 radical (unpaired) electrons. The summed E-state index contributed by atoms with van der Waals surface area (Å²) in [5, 5.41) is 0. The number of nitrogens with zero attached hydrogens (tertiary/aromatic N) is 4. The second-order valence-corrected chi connectivity index (χ2v) is 10.4. The van der Waals surface area contributed by atoms with E-state index in [1.807, 2.05) is 26.8 Å². The van der Waals surface area contributed by atoms with Gasteiger partial charge in [-0.05, 0) is 23.8 Å². The van der Waals surface area contributed by atoms with Crippen LogP contribution in [0.5, 0.6) is 0 Å². The van der Waals surface area contributed by atoms with Crippen molar-refractivity contribution in [1.82, 2.24) is 24.5 Å². The third-order valence-corrected chi connectivity index (χ3v) is 5.37. The number of nitrogens with one attached hydrogen (secondary N) is 2. The number of H-pyrrole nitrogens is 1. The summed E-state index contributed by atoms with van der Waals surface area (Å²) in [6.45, 7) is 5.87. The van der Waals surface area contributed by atoms with Gasteiger partial charge in [0.2, 0.25) is 10.0 Å². The molecule has 170 valence electrons. The van der Waals surface area contributed by atoms with Gasteiger partial charge in [0.05, 0.1) is 11.8 Å². The van der Waals surface area contributed by atoms with Crippen molar-refractivity contribution in [3.05, 3.63) is 75.5 Å². The third kappa shape index (κ3) is 4.82. The summed E-state index contributed by atoms with van der Waals surface area (Å²) < 4.78 is 26.5. The minimum absolute atomic E-state index is 0.269. The zero-order chi connectivity index (χ0) is 24.0. The highest BCUT2D eigenvalue weighted by molar-refractivity contribution is 7.92. The van der Waals surface area contributed by atoms with Gasteiger partial charge in [-0.3, -0.25) is 24.1 Å². The molecule has 0 saturated carbocycles. The Morgan fingerprint density at radius 3 is 2.30 bits per heavy atom. The number of aromatic nitrogens is 5. The van der Waals surface area contributed by atoms with Crippen molar-refractivity contribution < 1.29 is 8.42 Å². The minimum atomic E-state index is -3.37. The fourth-order valence-corrected chi connectivity index (χ4v) is 3.76. The highest BCUT2D eigenvalue weighted by Gasteiger charge is 2.22. The molecule has 0 unspecified atom stereocenters. The Labute approximate surface area is 189 Å². The lowest BCUT2D eigenvalue weighted by molar-refractivity contribution is 0.546. The van der Waals surface area contributed by atoms with Crippen LogP contribution in [-0.4, -0.2) is 39.2 Å². The number of fused-ring (bicyclic) bond motifs is 1. The van der Waals surface area contributed by atoms with Crippen LogP contribution in [0.4, 0.5) is 5.69 Å². The molecule has 2 N–H and O–H groups in total. The van der Waals surface area contributed by atoms with E-state index in [-0.39, 0.29) is 5.82 Å². The molecule has 0 amide bonds. The largest absolute Gasteiger partial charge is 0.334 e. The molecule has 0 spiro atoms. The fourth-order valence-electron chi connectivity index (χ4n) is 3.19. The summed E-state index contributed by atoms with van der Waals surface area (Å²) in [5.74, 6) is 0.778. The van der Waals surface area contributed by atoms with Gasteiger partial charge < -0.3 is 0 Å². The molecule has 3 aromatic heterocycles. The van der Waals surface area contributed by atoms with Crippen LogP contribution >= 0.6 is 0 Å². The Bertz CT molecular complexity index is 1580. The Kier molecular flexibility index (Phi) is 5.36. The van der Waals surface area contributed by atoms with E-state index < -0.39 is 26.7 Å². The summed E-state index contributed by atoms with van der Waals surface area (Å²) in [4.78, 5) is 40.0.